The van der Waals surface area contributed by atoms with Gasteiger partial charge in [0.25, 0.3) is 0 Å². The summed E-state index contributed by atoms with van der Waals surface area (Å²) in [5.41, 5.74) is 4.17. The summed E-state index contributed by atoms with van der Waals surface area (Å²) < 4.78 is 0. The monoisotopic (exact) mass is 273 g/mol. The largest absolute Gasteiger partial charge is 0.382 e. The second-order valence-corrected chi connectivity index (χ2v) is 5.79. The lowest BCUT2D eigenvalue weighted by Gasteiger charge is -2.33. The van der Waals surface area contributed by atoms with Crippen molar-refractivity contribution < 1.29 is 4.79 Å². The highest BCUT2D eigenvalue weighted by Gasteiger charge is 2.21. The summed E-state index contributed by atoms with van der Waals surface area (Å²) >= 11 is 0. The van der Waals surface area contributed by atoms with Gasteiger partial charge >= 0.3 is 0 Å². The van der Waals surface area contributed by atoms with Gasteiger partial charge in [0.1, 0.15) is 0 Å². The normalized spacial score (nSPS) is 19.6. The SMILES string of the molecule is CC(=O)N1CCC(Nc2cccc3c2CNCC3)CC1. The van der Waals surface area contributed by atoms with Crippen LogP contribution in [0.1, 0.15) is 30.9 Å². The summed E-state index contributed by atoms with van der Waals surface area (Å²) in [4.78, 5) is 13.3. The van der Waals surface area contributed by atoms with E-state index in [1.807, 2.05) is 4.90 Å². The molecule has 1 saturated heterocycles. The number of rotatable bonds is 2. The Morgan fingerprint density at radius 3 is 2.90 bits per heavy atom. The maximum Gasteiger partial charge on any atom is 0.219 e. The van der Waals surface area contributed by atoms with Crippen molar-refractivity contribution in [1.29, 1.82) is 0 Å². The highest BCUT2D eigenvalue weighted by molar-refractivity contribution is 5.73. The molecule has 0 aromatic heterocycles. The molecule has 2 heterocycles. The molecule has 4 nitrogen and oxygen atoms in total. The van der Waals surface area contributed by atoms with E-state index in [1.54, 1.807) is 6.92 Å². The second-order valence-electron chi connectivity index (χ2n) is 5.79. The van der Waals surface area contributed by atoms with Gasteiger partial charge in [-0.2, -0.15) is 0 Å². The number of carbonyl (C=O) groups excluding carboxylic acids is 1. The Hall–Kier alpha value is -1.55. The molecule has 1 aromatic rings. The molecule has 1 fully saturated rings. The highest BCUT2D eigenvalue weighted by Crippen LogP contribution is 2.25. The van der Waals surface area contributed by atoms with Gasteiger partial charge in [-0.15, -0.1) is 0 Å². The zero-order chi connectivity index (χ0) is 13.9. The fourth-order valence-corrected chi connectivity index (χ4v) is 3.21. The van der Waals surface area contributed by atoms with Crippen molar-refractivity contribution in [3.63, 3.8) is 0 Å². The highest BCUT2D eigenvalue weighted by atomic mass is 16.2. The average Bonchev–Trinajstić information content (AvgIpc) is 2.48. The number of hydrogen-bond donors (Lipinski definition) is 2. The van der Waals surface area contributed by atoms with Crippen LogP contribution in [0.15, 0.2) is 18.2 Å². The van der Waals surface area contributed by atoms with Gasteiger partial charge in [-0.3, -0.25) is 4.79 Å². The number of fused-ring (bicyclic) bond motifs is 1. The molecule has 2 aliphatic rings. The molecule has 2 aliphatic heterocycles. The van der Waals surface area contributed by atoms with Crippen molar-refractivity contribution in [1.82, 2.24) is 10.2 Å². The summed E-state index contributed by atoms with van der Waals surface area (Å²) in [5, 5.41) is 7.14. The molecule has 2 N–H and O–H groups in total. The number of benzene rings is 1. The van der Waals surface area contributed by atoms with Gasteiger partial charge in [-0.25, -0.2) is 0 Å². The van der Waals surface area contributed by atoms with Crippen LogP contribution in [0.4, 0.5) is 5.69 Å². The molecular formula is C16H23N3O. The molecular weight excluding hydrogens is 250 g/mol. The third kappa shape index (κ3) is 2.80. The third-order valence-electron chi connectivity index (χ3n) is 4.45. The minimum absolute atomic E-state index is 0.199. The van der Waals surface area contributed by atoms with Crippen molar-refractivity contribution in [3.05, 3.63) is 29.3 Å². The number of likely N-dealkylation sites (tertiary alicyclic amines) is 1. The van der Waals surface area contributed by atoms with E-state index < -0.39 is 0 Å². The number of piperidine rings is 1. The van der Waals surface area contributed by atoms with Crippen molar-refractivity contribution in [2.75, 3.05) is 25.0 Å². The summed E-state index contributed by atoms with van der Waals surface area (Å²) in [6, 6.07) is 7.05. The molecule has 108 valence electrons. The van der Waals surface area contributed by atoms with E-state index in [0.29, 0.717) is 6.04 Å². The van der Waals surface area contributed by atoms with Crippen LogP contribution < -0.4 is 10.6 Å². The van der Waals surface area contributed by atoms with Crippen LogP contribution >= 0.6 is 0 Å². The number of nitrogens with zero attached hydrogens (tertiary/aromatic N) is 1. The maximum absolute atomic E-state index is 11.4. The summed E-state index contributed by atoms with van der Waals surface area (Å²) in [5.74, 6) is 0.199. The molecule has 1 amide bonds. The molecule has 4 heteroatoms. The zero-order valence-corrected chi connectivity index (χ0v) is 12.1. The molecule has 1 aromatic carbocycles. The lowest BCUT2D eigenvalue weighted by Crippen LogP contribution is -2.41. The molecule has 0 bridgehead atoms. The second kappa shape index (κ2) is 5.83. The van der Waals surface area contributed by atoms with Gasteiger partial charge in [-0.1, -0.05) is 12.1 Å². The molecule has 0 atom stereocenters. The fraction of sp³-hybridized carbons (Fsp3) is 0.562. The fourth-order valence-electron chi connectivity index (χ4n) is 3.21. The minimum atomic E-state index is 0.199. The molecule has 0 saturated carbocycles. The van der Waals surface area contributed by atoms with Crippen molar-refractivity contribution in [3.8, 4) is 0 Å². The number of anilines is 1. The minimum Gasteiger partial charge on any atom is -0.382 e. The lowest BCUT2D eigenvalue weighted by atomic mass is 9.97. The predicted octanol–water partition coefficient (Wildman–Crippen LogP) is 1.76. The number of nitrogens with one attached hydrogen (secondary N) is 2. The Kier molecular flexibility index (Phi) is 3.92. The van der Waals surface area contributed by atoms with Gasteiger partial charge < -0.3 is 15.5 Å². The molecule has 0 aliphatic carbocycles. The van der Waals surface area contributed by atoms with Crippen molar-refractivity contribution in [2.24, 2.45) is 0 Å². The van der Waals surface area contributed by atoms with Crippen LogP contribution in [0.25, 0.3) is 0 Å². The Labute approximate surface area is 120 Å². The number of carbonyl (C=O) groups is 1. The standard InChI is InChI=1S/C16H23N3O/c1-12(20)19-9-6-14(7-10-19)18-16-4-2-3-13-5-8-17-11-15(13)16/h2-4,14,17-18H,5-11H2,1H3. The Balaban J connectivity index is 1.66. The molecule has 0 radical (unpaired) electrons. The van der Waals surface area contributed by atoms with Gasteiger partial charge in [0.15, 0.2) is 0 Å². The Morgan fingerprint density at radius 2 is 2.15 bits per heavy atom. The van der Waals surface area contributed by atoms with E-state index in [9.17, 15) is 4.79 Å². The van der Waals surface area contributed by atoms with E-state index >= 15 is 0 Å². The van der Waals surface area contributed by atoms with Gasteiger partial charge in [-0.05, 0) is 43.0 Å². The zero-order valence-electron chi connectivity index (χ0n) is 12.1. The maximum atomic E-state index is 11.4. The quantitative estimate of drug-likeness (QED) is 0.863. The Morgan fingerprint density at radius 1 is 1.35 bits per heavy atom. The molecule has 3 rings (SSSR count). The number of hydrogen-bond acceptors (Lipinski definition) is 3. The number of amides is 1. The first-order chi connectivity index (χ1) is 9.74. The lowest BCUT2D eigenvalue weighted by molar-refractivity contribution is -0.129. The van der Waals surface area contributed by atoms with E-state index in [4.69, 9.17) is 0 Å². The topological polar surface area (TPSA) is 44.4 Å². The van der Waals surface area contributed by atoms with Gasteiger partial charge in [0, 0.05) is 38.3 Å². The summed E-state index contributed by atoms with van der Waals surface area (Å²) in [6.45, 7) is 5.45. The van der Waals surface area contributed by atoms with Gasteiger partial charge in [0.05, 0.1) is 0 Å². The van der Waals surface area contributed by atoms with E-state index in [0.717, 1.165) is 45.4 Å². The van der Waals surface area contributed by atoms with Crippen LogP contribution in [0, 0.1) is 0 Å². The average molecular weight is 273 g/mol. The summed E-state index contributed by atoms with van der Waals surface area (Å²) in [6.07, 6.45) is 3.20. The van der Waals surface area contributed by atoms with Crippen molar-refractivity contribution >= 4 is 11.6 Å². The predicted molar refractivity (Wildman–Crippen MR) is 80.8 cm³/mol. The first-order valence-corrected chi connectivity index (χ1v) is 7.57. The van der Waals surface area contributed by atoms with Crippen LogP contribution in [-0.2, 0) is 17.8 Å². The van der Waals surface area contributed by atoms with Crippen LogP contribution in [0.3, 0.4) is 0 Å². The first-order valence-electron chi connectivity index (χ1n) is 7.57. The van der Waals surface area contributed by atoms with Crippen LogP contribution in [0.2, 0.25) is 0 Å². The molecule has 20 heavy (non-hydrogen) atoms. The van der Waals surface area contributed by atoms with Crippen LogP contribution in [-0.4, -0.2) is 36.5 Å². The smallest absolute Gasteiger partial charge is 0.219 e. The van der Waals surface area contributed by atoms with Crippen molar-refractivity contribution in [2.45, 2.75) is 38.8 Å². The van der Waals surface area contributed by atoms with Gasteiger partial charge in [0.2, 0.25) is 5.91 Å². The first kappa shape index (κ1) is 13.4. The Bertz CT molecular complexity index is 492. The summed E-state index contributed by atoms with van der Waals surface area (Å²) in [7, 11) is 0. The molecule has 0 unspecified atom stereocenters. The third-order valence-corrected chi connectivity index (χ3v) is 4.45. The van der Waals surface area contributed by atoms with E-state index in [1.165, 1.54) is 16.8 Å². The van der Waals surface area contributed by atoms with E-state index in [-0.39, 0.29) is 5.91 Å². The molecule has 0 spiro atoms. The van der Waals surface area contributed by atoms with Crippen LogP contribution in [0.5, 0.6) is 0 Å². The van der Waals surface area contributed by atoms with E-state index in [2.05, 4.69) is 28.8 Å².